The molecule has 0 unspecified atom stereocenters. The topological polar surface area (TPSA) is 54.7 Å². The molecule has 0 aliphatic rings. The van der Waals surface area contributed by atoms with Crippen LogP contribution < -0.4 is 10.1 Å². The lowest BCUT2D eigenvalue weighted by Gasteiger charge is -2.22. The second-order valence-electron chi connectivity index (χ2n) is 5.72. The summed E-state index contributed by atoms with van der Waals surface area (Å²) in [5, 5.41) is 7.63. The molecule has 0 fully saturated rings. The lowest BCUT2D eigenvalue weighted by Crippen LogP contribution is -2.38. The number of guanidine groups is 1. The summed E-state index contributed by atoms with van der Waals surface area (Å²) >= 11 is 0. The highest BCUT2D eigenvalue weighted by molar-refractivity contribution is 5.79. The second-order valence-corrected chi connectivity index (χ2v) is 5.72. The third-order valence-corrected chi connectivity index (χ3v) is 3.63. The van der Waals surface area contributed by atoms with Crippen molar-refractivity contribution in [2.45, 2.75) is 26.9 Å². The highest BCUT2D eigenvalue weighted by atomic mass is 16.5. The molecule has 1 N–H and O–H groups in total. The van der Waals surface area contributed by atoms with Gasteiger partial charge in [0.05, 0.1) is 26.4 Å². The van der Waals surface area contributed by atoms with Gasteiger partial charge in [0.25, 0.3) is 0 Å². The van der Waals surface area contributed by atoms with E-state index in [2.05, 4.69) is 34.4 Å². The molecule has 2 rings (SSSR count). The Kier molecular flexibility index (Phi) is 6.66. The van der Waals surface area contributed by atoms with Gasteiger partial charge < -0.3 is 15.0 Å². The molecule has 0 spiro atoms. The van der Waals surface area contributed by atoms with Gasteiger partial charge in [-0.05, 0) is 37.1 Å². The summed E-state index contributed by atoms with van der Waals surface area (Å²) < 4.78 is 7.12. The molecular weight excluding hydrogens is 302 g/mol. The van der Waals surface area contributed by atoms with Crippen LogP contribution in [-0.2, 0) is 13.1 Å². The first-order valence-electron chi connectivity index (χ1n) is 8.23. The number of benzene rings is 1. The van der Waals surface area contributed by atoms with Gasteiger partial charge in [-0.1, -0.05) is 12.1 Å². The molecule has 0 radical (unpaired) electrons. The van der Waals surface area contributed by atoms with E-state index in [1.54, 1.807) is 7.11 Å². The van der Waals surface area contributed by atoms with Crippen LogP contribution in [0, 0.1) is 6.92 Å². The Morgan fingerprint density at radius 2 is 2.08 bits per heavy atom. The first-order valence-corrected chi connectivity index (χ1v) is 8.23. The standard InChI is InChI=1S/C18H27N5O/c1-5-19-18(20-10-11-23-13-15(2)12-21-23)22(3)14-16-6-8-17(24-4)9-7-16/h6-9,12-13H,5,10-11,14H2,1-4H3,(H,19,20). The predicted octanol–water partition coefficient (Wildman–Crippen LogP) is 2.30. The number of aryl methyl sites for hydroxylation is 1. The van der Waals surface area contributed by atoms with Crippen molar-refractivity contribution in [3.8, 4) is 5.75 Å². The van der Waals surface area contributed by atoms with E-state index in [0.717, 1.165) is 31.3 Å². The van der Waals surface area contributed by atoms with Gasteiger partial charge in [0.15, 0.2) is 5.96 Å². The van der Waals surface area contributed by atoms with Gasteiger partial charge in [0, 0.05) is 26.3 Å². The Balaban J connectivity index is 1.94. The van der Waals surface area contributed by atoms with Crippen molar-refractivity contribution >= 4 is 5.96 Å². The van der Waals surface area contributed by atoms with Gasteiger partial charge in [-0.25, -0.2) is 0 Å². The molecule has 24 heavy (non-hydrogen) atoms. The molecule has 1 aromatic carbocycles. The van der Waals surface area contributed by atoms with Crippen LogP contribution in [0.3, 0.4) is 0 Å². The lowest BCUT2D eigenvalue weighted by atomic mass is 10.2. The van der Waals surface area contributed by atoms with Crippen molar-refractivity contribution in [2.24, 2.45) is 4.99 Å². The molecule has 6 heteroatoms. The number of nitrogens with zero attached hydrogens (tertiary/aromatic N) is 4. The second kappa shape index (κ2) is 8.96. The van der Waals surface area contributed by atoms with Crippen LogP contribution in [0.25, 0.3) is 0 Å². The molecule has 6 nitrogen and oxygen atoms in total. The summed E-state index contributed by atoms with van der Waals surface area (Å²) in [5.74, 6) is 1.77. The van der Waals surface area contributed by atoms with Crippen LogP contribution in [0.2, 0.25) is 0 Å². The Morgan fingerprint density at radius 3 is 2.67 bits per heavy atom. The molecule has 0 saturated carbocycles. The maximum absolute atomic E-state index is 5.20. The largest absolute Gasteiger partial charge is 0.497 e. The molecule has 130 valence electrons. The number of aromatic nitrogens is 2. The fourth-order valence-corrected chi connectivity index (χ4v) is 2.40. The zero-order chi connectivity index (χ0) is 17.4. The van der Waals surface area contributed by atoms with Crippen LogP contribution in [0.1, 0.15) is 18.1 Å². The van der Waals surface area contributed by atoms with Crippen molar-refractivity contribution in [3.05, 3.63) is 47.8 Å². The van der Waals surface area contributed by atoms with E-state index in [0.29, 0.717) is 6.54 Å². The quantitative estimate of drug-likeness (QED) is 0.625. The van der Waals surface area contributed by atoms with Crippen LogP contribution in [0.15, 0.2) is 41.7 Å². The predicted molar refractivity (Wildman–Crippen MR) is 97.4 cm³/mol. The van der Waals surface area contributed by atoms with Gasteiger partial charge in [-0.3, -0.25) is 9.67 Å². The number of hydrogen-bond donors (Lipinski definition) is 1. The van der Waals surface area contributed by atoms with Crippen LogP contribution in [0.4, 0.5) is 0 Å². The Morgan fingerprint density at radius 1 is 1.33 bits per heavy atom. The number of hydrogen-bond acceptors (Lipinski definition) is 3. The van der Waals surface area contributed by atoms with Crippen molar-refractivity contribution in [1.29, 1.82) is 0 Å². The fourth-order valence-electron chi connectivity index (χ4n) is 2.40. The van der Waals surface area contributed by atoms with Gasteiger partial charge in [0.1, 0.15) is 5.75 Å². The fraction of sp³-hybridized carbons (Fsp3) is 0.444. The SMILES string of the molecule is CCNC(=NCCn1cc(C)cn1)N(C)Cc1ccc(OC)cc1. The van der Waals surface area contributed by atoms with Crippen molar-refractivity contribution < 1.29 is 4.74 Å². The third kappa shape index (κ3) is 5.30. The maximum atomic E-state index is 5.20. The van der Waals surface area contributed by atoms with Gasteiger partial charge >= 0.3 is 0 Å². The summed E-state index contributed by atoms with van der Waals surface area (Å²) in [5.41, 5.74) is 2.38. The monoisotopic (exact) mass is 329 g/mol. The molecular formula is C18H27N5O. The smallest absolute Gasteiger partial charge is 0.194 e. The Labute approximate surface area is 144 Å². The van der Waals surface area contributed by atoms with Crippen molar-refractivity contribution in [3.63, 3.8) is 0 Å². The molecule has 0 amide bonds. The highest BCUT2D eigenvalue weighted by Gasteiger charge is 2.06. The lowest BCUT2D eigenvalue weighted by molar-refractivity contribution is 0.414. The number of methoxy groups -OCH3 is 1. The molecule has 0 aliphatic heterocycles. The Hall–Kier alpha value is -2.50. The minimum atomic E-state index is 0.691. The number of rotatable bonds is 7. The first-order chi connectivity index (χ1) is 11.6. The van der Waals surface area contributed by atoms with Crippen LogP contribution in [0.5, 0.6) is 5.75 Å². The number of aliphatic imine (C=N–C) groups is 1. The van der Waals surface area contributed by atoms with Gasteiger partial charge in [-0.15, -0.1) is 0 Å². The molecule has 0 saturated heterocycles. The average molecular weight is 329 g/mol. The zero-order valence-electron chi connectivity index (χ0n) is 15.0. The van der Waals surface area contributed by atoms with Gasteiger partial charge in [-0.2, -0.15) is 5.10 Å². The van der Waals surface area contributed by atoms with E-state index >= 15 is 0 Å². The molecule has 0 atom stereocenters. The zero-order valence-corrected chi connectivity index (χ0v) is 15.0. The molecule has 1 heterocycles. The van der Waals surface area contributed by atoms with Crippen molar-refractivity contribution in [2.75, 3.05) is 27.2 Å². The summed E-state index contributed by atoms with van der Waals surface area (Å²) in [6, 6.07) is 8.11. The third-order valence-electron chi connectivity index (χ3n) is 3.63. The van der Waals surface area contributed by atoms with Crippen LogP contribution in [-0.4, -0.2) is 47.9 Å². The minimum Gasteiger partial charge on any atom is -0.497 e. The molecule has 2 aromatic rings. The van der Waals surface area contributed by atoms with E-state index in [1.807, 2.05) is 43.2 Å². The highest BCUT2D eigenvalue weighted by Crippen LogP contribution is 2.12. The Bertz CT molecular complexity index is 648. The van der Waals surface area contributed by atoms with E-state index < -0.39 is 0 Å². The normalized spacial score (nSPS) is 11.4. The average Bonchev–Trinajstić information content (AvgIpc) is 3.00. The van der Waals surface area contributed by atoms with Crippen molar-refractivity contribution in [1.82, 2.24) is 20.0 Å². The molecule has 0 bridgehead atoms. The first kappa shape index (κ1) is 17.8. The summed E-state index contributed by atoms with van der Waals surface area (Å²) in [7, 11) is 3.72. The van der Waals surface area contributed by atoms with Gasteiger partial charge in [0.2, 0.25) is 0 Å². The van der Waals surface area contributed by atoms with E-state index in [-0.39, 0.29) is 0 Å². The maximum Gasteiger partial charge on any atom is 0.194 e. The number of ether oxygens (including phenoxy) is 1. The summed E-state index contributed by atoms with van der Waals surface area (Å²) in [6.45, 7) is 7.21. The van der Waals surface area contributed by atoms with E-state index in [4.69, 9.17) is 9.73 Å². The minimum absolute atomic E-state index is 0.691. The summed E-state index contributed by atoms with van der Waals surface area (Å²) in [6.07, 6.45) is 3.90. The van der Waals surface area contributed by atoms with Crippen LogP contribution >= 0.6 is 0 Å². The summed E-state index contributed by atoms with van der Waals surface area (Å²) in [4.78, 5) is 6.82. The molecule has 1 aromatic heterocycles. The number of nitrogens with one attached hydrogen (secondary N) is 1. The van der Waals surface area contributed by atoms with E-state index in [1.165, 1.54) is 11.1 Å². The van der Waals surface area contributed by atoms with E-state index in [9.17, 15) is 0 Å². The molecule has 0 aliphatic carbocycles.